The Kier molecular flexibility index (Phi) is 5.62. The zero-order chi connectivity index (χ0) is 19.4. The summed E-state index contributed by atoms with van der Waals surface area (Å²) in [6, 6.07) is 12.2. The number of hydrogen-bond acceptors (Lipinski definition) is 4. The Morgan fingerprint density at radius 1 is 1.21 bits per heavy atom. The molecule has 2 fully saturated rings. The molecular formula is C23H29N3O2. The van der Waals surface area contributed by atoms with Crippen LogP contribution in [0.25, 0.3) is 0 Å². The van der Waals surface area contributed by atoms with Gasteiger partial charge in [0, 0.05) is 36.5 Å². The van der Waals surface area contributed by atoms with Crippen molar-refractivity contribution in [2.45, 2.75) is 50.1 Å². The topological polar surface area (TPSA) is 54.5 Å². The SMILES string of the molecule is COc1ccccc1C1(CNC(=O)C2CCCCN2Cc2ccncc2)CC1. The fourth-order valence-electron chi connectivity index (χ4n) is 4.35. The molecular weight excluding hydrogens is 350 g/mol. The van der Waals surface area contributed by atoms with Gasteiger partial charge in [0.25, 0.3) is 0 Å². The summed E-state index contributed by atoms with van der Waals surface area (Å²) in [6.45, 7) is 2.46. The first-order chi connectivity index (χ1) is 13.7. The molecule has 2 aromatic rings. The lowest BCUT2D eigenvalue weighted by molar-refractivity contribution is -0.128. The Bertz CT molecular complexity index is 805. The van der Waals surface area contributed by atoms with E-state index in [9.17, 15) is 4.79 Å². The Morgan fingerprint density at radius 2 is 2.00 bits per heavy atom. The molecule has 1 amide bonds. The van der Waals surface area contributed by atoms with Crippen molar-refractivity contribution in [3.63, 3.8) is 0 Å². The minimum absolute atomic E-state index is 0.0346. The van der Waals surface area contributed by atoms with Crippen LogP contribution in [0.4, 0.5) is 0 Å². The molecule has 4 rings (SSSR count). The number of benzene rings is 1. The predicted molar refractivity (Wildman–Crippen MR) is 109 cm³/mol. The van der Waals surface area contributed by atoms with E-state index in [2.05, 4.69) is 27.3 Å². The maximum absolute atomic E-state index is 13.1. The summed E-state index contributed by atoms with van der Waals surface area (Å²) in [5.74, 6) is 1.08. The highest BCUT2D eigenvalue weighted by Crippen LogP contribution is 2.50. The number of pyridine rings is 1. The molecule has 1 unspecified atom stereocenters. The molecule has 148 valence electrons. The van der Waals surface area contributed by atoms with E-state index >= 15 is 0 Å². The van der Waals surface area contributed by atoms with Crippen LogP contribution in [0.15, 0.2) is 48.8 Å². The first-order valence-corrected chi connectivity index (χ1v) is 10.3. The number of para-hydroxylation sites is 1. The van der Waals surface area contributed by atoms with Crippen LogP contribution in [0.2, 0.25) is 0 Å². The van der Waals surface area contributed by atoms with Crippen LogP contribution in [0.3, 0.4) is 0 Å². The standard InChI is InChI=1S/C23H29N3O2/c1-28-21-8-3-2-6-19(21)23(11-12-23)17-25-22(27)20-7-4-5-15-26(20)16-18-9-13-24-14-10-18/h2-3,6,8-10,13-14,20H,4-5,7,11-12,15-17H2,1H3,(H,25,27). The van der Waals surface area contributed by atoms with Crippen LogP contribution < -0.4 is 10.1 Å². The second-order valence-electron chi connectivity index (χ2n) is 8.04. The van der Waals surface area contributed by atoms with Crippen LogP contribution >= 0.6 is 0 Å². The Morgan fingerprint density at radius 3 is 2.75 bits per heavy atom. The summed E-state index contributed by atoms with van der Waals surface area (Å²) >= 11 is 0. The van der Waals surface area contributed by atoms with Crippen LogP contribution in [0.1, 0.15) is 43.2 Å². The van der Waals surface area contributed by atoms with E-state index in [-0.39, 0.29) is 17.4 Å². The number of nitrogens with zero attached hydrogens (tertiary/aromatic N) is 2. The lowest BCUT2D eigenvalue weighted by Crippen LogP contribution is -2.50. The summed E-state index contributed by atoms with van der Waals surface area (Å²) in [7, 11) is 1.71. The summed E-state index contributed by atoms with van der Waals surface area (Å²) in [5, 5.41) is 3.27. The summed E-state index contributed by atoms with van der Waals surface area (Å²) in [6.07, 6.45) is 9.02. The third-order valence-corrected chi connectivity index (χ3v) is 6.18. The monoisotopic (exact) mass is 379 g/mol. The van der Waals surface area contributed by atoms with E-state index in [1.54, 1.807) is 7.11 Å². The number of piperidine rings is 1. The average molecular weight is 380 g/mol. The number of ether oxygens (including phenoxy) is 1. The van der Waals surface area contributed by atoms with Gasteiger partial charge in [0.15, 0.2) is 0 Å². The van der Waals surface area contributed by atoms with Gasteiger partial charge < -0.3 is 10.1 Å². The molecule has 1 aliphatic heterocycles. The van der Waals surface area contributed by atoms with Gasteiger partial charge >= 0.3 is 0 Å². The number of aromatic nitrogens is 1. The molecule has 0 spiro atoms. The van der Waals surface area contributed by atoms with Gasteiger partial charge in [0.2, 0.25) is 5.91 Å². The highest BCUT2D eigenvalue weighted by atomic mass is 16.5. The maximum atomic E-state index is 13.1. The van der Waals surface area contributed by atoms with E-state index in [0.717, 1.165) is 50.9 Å². The highest BCUT2D eigenvalue weighted by molar-refractivity contribution is 5.82. The zero-order valence-electron chi connectivity index (χ0n) is 16.6. The fourth-order valence-corrected chi connectivity index (χ4v) is 4.35. The molecule has 28 heavy (non-hydrogen) atoms. The van der Waals surface area contributed by atoms with Crippen LogP contribution in [-0.4, -0.2) is 42.0 Å². The van der Waals surface area contributed by atoms with Gasteiger partial charge in [-0.3, -0.25) is 14.7 Å². The quantitative estimate of drug-likeness (QED) is 0.802. The van der Waals surface area contributed by atoms with Gasteiger partial charge in [-0.15, -0.1) is 0 Å². The molecule has 0 bridgehead atoms. The lowest BCUT2D eigenvalue weighted by Gasteiger charge is -2.35. The second kappa shape index (κ2) is 8.31. The van der Waals surface area contributed by atoms with E-state index in [1.165, 1.54) is 11.1 Å². The van der Waals surface area contributed by atoms with Crippen molar-refractivity contribution in [1.82, 2.24) is 15.2 Å². The van der Waals surface area contributed by atoms with Crippen molar-refractivity contribution < 1.29 is 9.53 Å². The Hall–Kier alpha value is -2.40. The number of rotatable bonds is 7. The largest absolute Gasteiger partial charge is 0.496 e. The van der Waals surface area contributed by atoms with Gasteiger partial charge in [0.1, 0.15) is 5.75 Å². The van der Waals surface area contributed by atoms with Crippen molar-refractivity contribution in [2.75, 3.05) is 20.2 Å². The van der Waals surface area contributed by atoms with E-state index in [1.807, 2.05) is 36.7 Å². The van der Waals surface area contributed by atoms with Crippen molar-refractivity contribution in [3.8, 4) is 5.75 Å². The minimum Gasteiger partial charge on any atom is -0.496 e. The maximum Gasteiger partial charge on any atom is 0.237 e. The van der Waals surface area contributed by atoms with Gasteiger partial charge in [-0.25, -0.2) is 0 Å². The van der Waals surface area contributed by atoms with Gasteiger partial charge in [0.05, 0.1) is 13.2 Å². The highest BCUT2D eigenvalue weighted by Gasteiger charge is 2.46. The molecule has 1 aromatic heterocycles. The van der Waals surface area contributed by atoms with Crippen molar-refractivity contribution in [1.29, 1.82) is 0 Å². The number of carbonyl (C=O) groups is 1. The molecule has 0 radical (unpaired) electrons. The number of amides is 1. The number of likely N-dealkylation sites (tertiary alicyclic amines) is 1. The molecule has 1 saturated carbocycles. The Balaban J connectivity index is 1.41. The van der Waals surface area contributed by atoms with Crippen LogP contribution in [0, 0.1) is 0 Å². The fraction of sp³-hybridized carbons (Fsp3) is 0.478. The molecule has 5 nitrogen and oxygen atoms in total. The molecule has 1 aliphatic carbocycles. The molecule has 1 N–H and O–H groups in total. The molecule has 1 atom stereocenters. The predicted octanol–water partition coefficient (Wildman–Crippen LogP) is 3.29. The molecule has 2 heterocycles. The number of nitrogens with one attached hydrogen (secondary N) is 1. The third-order valence-electron chi connectivity index (χ3n) is 6.18. The molecule has 5 heteroatoms. The molecule has 2 aliphatic rings. The van der Waals surface area contributed by atoms with E-state index in [4.69, 9.17) is 4.74 Å². The number of methoxy groups -OCH3 is 1. The van der Waals surface area contributed by atoms with Gasteiger partial charge in [-0.05, 0) is 56.0 Å². The van der Waals surface area contributed by atoms with Crippen LogP contribution in [0.5, 0.6) is 5.75 Å². The van der Waals surface area contributed by atoms with E-state index in [0.29, 0.717) is 6.54 Å². The summed E-state index contributed by atoms with van der Waals surface area (Å²) < 4.78 is 5.55. The van der Waals surface area contributed by atoms with E-state index < -0.39 is 0 Å². The molecule has 1 saturated heterocycles. The molecule has 1 aromatic carbocycles. The lowest BCUT2D eigenvalue weighted by atomic mass is 9.94. The normalized spacial score (nSPS) is 21.1. The second-order valence-corrected chi connectivity index (χ2v) is 8.04. The number of carbonyl (C=O) groups excluding carboxylic acids is 1. The summed E-state index contributed by atoms with van der Waals surface area (Å²) in [4.78, 5) is 19.5. The zero-order valence-corrected chi connectivity index (χ0v) is 16.6. The first kappa shape index (κ1) is 18.9. The summed E-state index contributed by atoms with van der Waals surface area (Å²) in [5.41, 5.74) is 2.46. The number of hydrogen-bond donors (Lipinski definition) is 1. The first-order valence-electron chi connectivity index (χ1n) is 10.3. The van der Waals surface area contributed by atoms with Crippen LogP contribution in [-0.2, 0) is 16.8 Å². The van der Waals surface area contributed by atoms with Crippen molar-refractivity contribution in [2.24, 2.45) is 0 Å². The Labute approximate surface area is 167 Å². The van der Waals surface area contributed by atoms with Gasteiger partial charge in [-0.2, -0.15) is 0 Å². The van der Waals surface area contributed by atoms with Gasteiger partial charge in [-0.1, -0.05) is 24.6 Å². The van der Waals surface area contributed by atoms with Crippen molar-refractivity contribution >= 4 is 5.91 Å². The minimum atomic E-state index is -0.0459. The van der Waals surface area contributed by atoms with Crippen molar-refractivity contribution in [3.05, 3.63) is 59.9 Å². The average Bonchev–Trinajstić information content (AvgIpc) is 3.54. The third kappa shape index (κ3) is 4.04. The smallest absolute Gasteiger partial charge is 0.237 e.